The van der Waals surface area contributed by atoms with Crippen molar-refractivity contribution in [2.45, 2.75) is 18.9 Å². The maximum absolute atomic E-state index is 12.1. The summed E-state index contributed by atoms with van der Waals surface area (Å²) < 4.78 is 8.82. The van der Waals surface area contributed by atoms with Crippen molar-refractivity contribution in [1.82, 2.24) is 28.8 Å². The largest absolute Gasteiger partial charge is 0.420 e. The summed E-state index contributed by atoms with van der Waals surface area (Å²) in [7, 11) is 5.89. The van der Waals surface area contributed by atoms with E-state index in [0.717, 1.165) is 59.9 Å². The molecule has 5 heterocycles. The average Bonchev–Trinajstić information content (AvgIpc) is 3.52. The number of oxazole rings is 1. The lowest BCUT2D eigenvalue weighted by Crippen LogP contribution is -2.43. The molecule has 1 fully saturated rings. The van der Waals surface area contributed by atoms with E-state index in [2.05, 4.69) is 34.9 Å². The maximum atomic E-state index is 12.1. The minimum atomic E-state index is -0.465. The molecule has 5 aromatic rings. The zero-order valence-corrected chi connectivity index (χ0v) is 20.9. The van der Waals surface area contributed by atoms with E-state index in [9.17, 15) is 10.1 Å². The average molecular weight is 495 g/mol. The summed E-state index contributed by atoms with van der Waals surface area (Å²) >= 11 is 0. The van der Waals surface area contributed by atoms with Crippen LogP contribution in [0.15, 0.2) is 58.1 Å². The summed E-state index contributed by atoms with van der Waals surface area (Å²) in [4.78, 5) is 31.1. The number of nitriles is 1. The van der Waals surface area contributed by atoms with Gasteiger partial charge in [-0.2, -0.15) is 5.26 Å². The second kappa shape index (κ2) is 8.87. The van der Waals surface area contributed by atoms with E-state index in [-0.39, 0.29) is 0 Å². The maximum Gasteiger partial charge on any atom is 0.420 e. The second-order valence-corrected chi connectivity index (χ2v) is 9.60. The zero-order valence-electron chi connectivity index (χ0n) is 20.9. The molecule has 0 atom stereocenters. The number of rotatable bonds is 4. The van der Waals surface area contributed by atoms with Crippen LogP contribution in [-0.2, 0) is 7.05 Å². The quantitative estimate of drug-likeness (QED) is 0.374. The van der Waals surface area contributed by atoms with Crippen molar-refractivity contribution in [2.75, 3.05) is 32.1 Å². The van der Waals surface area contributed by atoms with E-state index < -0.39 is 5.76 Å². The molecule has 0 N–H and O–H groups in total. The first-order valence-electron chi connectivity index (χ1n) is 12.2. The Morgan fingerprint density at radius 1 is 1.08 bits per heavy atom. The van der Waals surface area contributed by atoms with Gasteiger partial charge in [-0.05, 0) is 45.1 Å². The molecule has 1 aliphatic rings. The molecule has 6 rings (SSSR count). The van der Waals surface area contributed by atoms with Gasteiger partial charge >= 0.3 is 5.76 Å². The van der Waals surface area contributed by atoms with Gasteiger partial charge in [-0.1, -0.05) is 12.1 Å². The highest BCUT2D eigenvalue weighted by molar-refractivity contribution is 5.93. The molecule has 0 amide bonds. The summed E-state index contributed by atoms with van der Waals surface area (Å²) in [6, 6.07) is 11.9. The standard InChI is InChI=1S/C27H26N8O2/c1-32(2)20-8-11-34(12-9-20)26-31-23(18-6-4-17(15-28)5-7-18)22(25-29-10-13-35(25)26)19-14-21-24(30-16-19)33(3)27(36)37-21/h4-7,10,13-14,16,20H,8-9,11-12H2,1-3H3. The molecule has 1 aliphatic heterocycles. The van der Waals surface area contributed by atoms with Crippen LogP contribution < -0.4 is 10.7 Å². The fourth-order valence-corrected chi connectivity index (χ4v) is 5.10. The van der Waals surface area contributed by atoms with Gasteiger partial charge in [0.1, 0.15) is 5.65 Å². The predicted molar refractivity (Wildman–Crippen MR) is 140 cm³/mol. The summed E-state index contributed by atoms with van der Waals surface area (Å²) in [5.74, 6) is 0.362. The van der Waals surface area contributed by atoms with Crippen LogP contribution in [0.5, 0.6) is 0 Å². The van der Waals surface area contributed by atoms with E-state index in [1.54, 1.807) is 31.6 Å². The van der Waals surface area contributed by atoms with Gasteiger partial charge in [-0.25, -0.2) is 19.7 Å². The summed E-state index contributed by atoms with van der Waals surface area (Å²) in [5, 5.41) is 9.31. The summed E-state index contributed by atoms with van der Waals surface area (Å²) in [5.41, 5.74) is 5.29. The Kier molecular flexibility index (Phi) is 5.50. The molecule has 0 unspecified atom stereocenters. The Bertz CT molecular complexity index is 1710. The topological polar surface area (TPSA) is 108 Å². The molecular formula is C27H26N8O2. The van der Waals surface area contributed by atoms with E-state index >= 15 is 0 Å². The Balaban J connectivity index is 1.56. The van der Waals surface area contributed by atoms with E-state index in [0.29, 0.717) is 22.8 Å². The summed E-state index contributed by atoms with van der Waals surface area (Å²) in [6.07, 6.45) is 7.52. The van der Waals surface area contributed by atoms with Crippen molar-refractivity contribution in [2.24, 2.45) is 7.05 Å². The first kappa shape index (κ1) is 22.9. The molecule has 37 heavy (non-hydrogen) atoms. The lowest BCUT2D eigenvalue weighted by Gasteiger charge is -2.36. The number of nitrogens with zero attached hydrogens (tertiary/aromatic N) is 8. The third kappa shape index (κ3) is 3.84. The number of benzene rings is 1. The van der Waals surface area contributed by atoms with Crippen LogP contribution in [0.1, 0.15) is 18.4 Å². The Morgan fingerprint density at radius 2 is 1.84 bits per heavy atom. The third-order valence-corrected chi connectivity index (χ3v) is 7.20. The highest BCUT2D eigenvalue weighted by Crippen LogP contribution is 2.37. The van der Waals surface area contributed by atoms with Crippen molar-refractivity contribution in [3.63, 3.8) is 0 Å². The number of piperidine rings is 1. The van der Waals surface area contributed by atoms with Gasteiger partial charge in [0.2, 0.25) is 5.95 Å². The van der Waals surface area contributed by atoms with Gasteiger partial charge in [0, 0.05) is 55.9 Å². The molecule has 0 saturated carbocycles. The first-order valence-corrected chi connectivity index (χ1v) is 12.2. The molecular weight excluding hydrogens is 468 g/mol. The monoisotopic (exact) mass is 494 g/mol. The van der Waals surface area contributed by atoms with Crippen LogP contribution in [0.2, 0.25) is 0 Å². The number of aromatic nitrogens is 5. The van der Waals surface area contributed by atoms with Crippen LogP contribution in [0.4, 0.5) is 5.95 Å². The molecule has 0 aliphatic carbocycles. The van der Waals surface area contributed by atoms with Crippen molar-refractivity contribution in [3.8, 4) is 28.5 Å². The number of aryl methyl sites for hydroxylation is 1. The van der Waals surface area contributed by atoms with Crippen LogP contribution in [0, 0.1) is 11.3 Å². The van der Waals surface area contributed by atoms with Crippen molar-refractivity contribution in [3.05, 3.63) is 65.0 Å². The van der Waals surface area contributed by atoms with Gasteiger partial charge in [0.15, 0.2) is 11.2 Å². The smallest absolute Gasteiger partial charge is 0.406 e. The van der Waals surface area contributed by atoms with Crippen molar-refractivity contribution < 1.29 is 4.42 Å². The molecule has 10 heteroatoms. The molecule has 186 valence electrons. The van der Waals surface area contributed by atoms with E-state index in [1.165, 1.54) is 4.57 Å². The normalized spacial score (nSPS) is 14.6. The number of hydrogen-bond donors (Lipinski definition) is 0. The van der Waals surface area contributed by atoms with Crippen LogP contribution >= 0.6 is 0 Å². The van der Waals surface area contributed by atoms with Gasteiger partial charge in [0.05, 0.1) is 22.9 Å². The Labute approximate surface area is 213 Å². The number of imidazole rings is 1. The number of anilines is 1. The van der Waals surface area contributed by atoms with Crippen molar-refractivity contribution in [1.29, 1.82) is 5.26 Å². The molecule has 0 bridgehead atoms. The van der Waals surface area contributed by atoms with Gasteiger partial charge in [0.25, 0.3) is 0 Å². The highest BCUT2D eigenvalue weighted by Gasteiger charge is 2.26. The minimum Gasteiger partial charge on any atom is -0.406 e. The van der Waals surface area contributed by atoms with E-state index in [1.807, 2.05) is 28.8 Å². The highest BCUT2D eigenvalue weighted by atomic mass is 16.4. The molecule has 1 aromatic carbocycles. The second-order valence-electron chi connectivity index (χ2n) is 9.60. The molecule has 0 spiro atoms. The minimum absolute atomic E-state index is 0.398. The van der Waals surface area contributed by atoms with Gasteiger partial charge < -0.3 is 14.2 Å². The number of pyridine rings is 1. The molecule has 4 aromatic heterocycles. The van der Waals surface area contributed by atoms with Crippen LogP contribution in [0.3, 0.4) is 0 Å². The molecule has 1 saturated heterocycles. The third-order valence-electron chi connectivity index (χ3n) is 7.20. The van der Waals surface area contributed by atoms with Gasteiger partial charge in [-0.3, -0.25) is 8.97 Å². The first-order chi connectivity index (χ1) is 17.9. The number of fused-ring (bicyclic) bond motifs is 2. The van der Waals surface area contributed by atoms with Crippen LogP contribution in [-0.4, -0.2) is 62.0 Å². The molecule has 10 nitrogen and oxygen atoms in total. The summed E-state index contributed by atoms with van der Waals surface area (Å²) in [6.45, 7) is 1.77. The Hall–Kier alpha value is -4.49. The lowest BCUT2D eigenvalue weighted by atomic mass is 10.00. The predicted octanol–water partition coefficient (Wildman–Crippen LogP) is 3.31. The van der Waals surface area contributed by atoms with Crippen molar-refractivity contribution >= 4 is 22.8 Å². The zero-order chi connectivity index (χ0) is 25.7. The SMILES string of the molecule is CN(C)C1CCN(c2nc(-c3ccc(C#N)cc3)c(-c3cnc4c(c3)oc(=O)n4C)c3nccn23)CC1. The fraction of sp³-hybridized carbons (Fsp3) is 0.296. The van der Waals surface area contributed by atoms with Gasteiger partial charge in [-0.15, -0.1) is 0 Å². The Morgan fingerprint density at radius 3 is 2.54 bits per heavy atom. The molecule has 0 radical (unpaired) electrons. The van der Waals surface area contributed by atoms with E-state index in [4.69, 9.17) is 14.4 Å². The van der Waals surface area contributed by atoms with Crippen LogP contribution in [0.25, 0.3) is 39.3 Å². The lowest BCUT2D eigenvalue weighted by molar-refractivity contribution is 0.249. The number of hydrogen-bond acceptors (Lipinski definition) is 8. The fourth-order valence-electron chi connectivity index (χ4n) is 5.10.